The van der Waals surface area contributed by atoms with E-state index in [2.05, 4.69) is 11.2 Å². The summed E-state index contributed by atoms with van der Waals surface area (Å²) in [5, 5.41) is 4.09. The van der Waals surface area contributed by atoms with Crippen LogP contribution in [0.1, 0.15) is 11.1 Å². The molecule has 0 unspecified atom stereocenters. The maximum absolute atomic E-state index is 12.0. The smallest absolute Gasteiger partial charge is 0.243 e. The number of hydrogen-bond acceptors (Lipinski definition) is 2. The third-order valence-electron chi connectivity index (χ3n) is 2.91. The van der Waals surface area contributed by atoms with E-state index in [1.54, 1.807) is 28.9 Å². The monoisotopic (exact) mass is 277 g/mol. The Balaban J connectivity index is 2.29. The van der Waals surface area contributed by atoms with Crippen molar-refractivity contribution in [3.63, 3.8) is 0 Å². The summed E-state index contributed by atoms with van der Waals surface area (Å²) >= 11 is 5.69. The normalized spacial score (nSPS) is 10.5. The van der Waals surface area contributed by atoms with Crippen LogP contribution in [0.4, 0.5) is 5.82 Å². The number of hydrogen-bond donors (Lipinski definition) is 0. The number of carbonyl (C=O) groups is 1. The zero-order valence-electron chi connectivity index (χ0n) is 11.0. The molecule has 0 N–H and O–H groups in total. The molecule has 0 saturated heterocycles. The molecule has 0 bridgehead atoms. The average molecular weight is 278 g/mol. The van der Waals surface area contributed by atoms with E-state index < -0.39 is 0 Å². The van der Waals surface area contributed by atoms with Crippen molar-refractivity contribution in [1.29, 1.82) is 0 Å². The second-order valence-electron chi connectivity index (χ2n) is 4.42. The fourth-order valence-electron chi connectivity index (χ4n) is 1.99. The van der Waals surface area contributed by atoms with Crippen LogP contribution in [0.5, 0.6) is 0 Å². The minimum atomic E-state index is -0.133. The van der Waals surface area contributed by atoms with Crippen molar-refractivity contribution in [3.05, 3.63) is 47.7 Å². The van der Waals surface area contributed by atoms with Crippen LogP contribution in [-0.2, 0) is 18.4 Å². The first-order valence-electron chi connectivity index (χ1n) is 6.01. The number of rotatable bonds is 4. The highest BCUT2D eigenvalue weighted by molar-refractivity contribution is 6.29. The van der Waals surface area contributed by atoms with Crippen molar-refractivity contribution < 1.29 is 4.79 Å². The van der Waals surface area contributed by atoms with Gasteiger partial charge in [0.1, 0.15) is 11.7 Å². The summed E-state index contributed by atoms with van der Waals surface area (Å²) in [6, 6.07) is 9.88. The van der Waals surface area contributed by atoms with Crippen molar-refractivity contribution in [2.75, 3.05) is 10.8 Å². The van der Waals surface area contributed by atoms with E-state index >= 15 is 0 Å². The number of halogens is 1. The molecule has 5 heteroatoms. The van der Waals surface area contributed by atoms with Gasteiger partial charge in [-0.3, -0.25) is 14.4 Å². The molecule has 1 heterocycles. The van der Waals surface area contributed by atoms with Crippen LogP contribution in [0.25, 0.3) is 0 Å². The lowest BCUT2D eigenvalue weighted by molar-refractivity contribution is -0.116. The molecule has 0 saturated carbocycles. The zero-order chi connectivity index (χ0) is 13.8. The molecule has 19 heavy (non-hydrogen) atoms. The summed E-state index contributed by atoms with van der Waals surface area (Å²) in [5.41, 5.74) is 2.24. The number of aromatic nitrogens is 2. The van der Waals surface area contributed by atoms with Crippen molar-refractivity contribution in [2.45, 2.75) is 13.5 Å². The van der Waals surface area contributed by atoms with Crippen LogP contribution >= 0.6 is 11.6 Å². The van der Waals surface area contributed by atoms with Gasteiger partial charge in [-0.15, -0.1) is 11.6 Å². The maximum atomic E-state index is 12.0. The van der Waals surface area contributed by atoms with E-state index in [1.165, 1.54) is 5.56 Å². The van der Waals surface area contributed by atoms with E-state index in [0.29, 0.717) is 6.54 Å². The Bertz CT molecular complexity index is 580. The third-order valence-corrected chi connectivity index (χ3v) is 3.14. The highest BCUT2D eigenvalue weighted by Crippen LogP contribution is 2.17. The Hall–Kier alpha value is -1.81. The fraction of sp³-hybridized carbons (Fsp3) is 0.286. The van der Waals surface area contributed by atoms with Gasteiger partial charge in [0, 0.05) is 13.1 Å². The number of nitrogens with zero attached hydrogens (tertiary/aromatic N) is 3. The van der Waals surface area contributed by atoms with Crippen LogP contribution < -0.4 is 4.90 Å². The highest BCUT2D eigenvalue weighted by atomic mass is 35.5. The second-order valence-corrected chi connectivity index (χ2v) is 4.68. The van der Waals surface area contributed by atoms with Crippen LogP contribution in [0.3, 0.4) is 0 Å². The van der Waals surface area contributed by atoms with Crippen molar-refractivity contribution >= 4 is 23.3 Å². The summed E-state index contributed by atoms with van der Waals surface area (Å²) in [6.07, 6.45) is 1.67. The summed E-state index contributed by atoms with van der Waals surface area (Å²) < 4.78 is 1.67. The third kappa shape index (κ3) is 3.15. The van der Waals surface area contributed by atoms with Gasteiger partial charge in [-0.05, 0) is 12.5 Å². The molecule has 0 spiro atoms. The Kier molecular flexibility index (Phi) is 4.22. The summed E-state index contributed by atoms with van der Waals surface area (Å²) in [5.74, 6) is 0.565. The Labute approximate surface area is 117 Å². The minimum Gasteiger partial charge on any atom is -0.292 e. The molecule has 1 amide bonds. The minimum absolute atomic E-state index is 0.0446. The lowest BCUT2D eigenvalue weighted by Crippen LogP contribution is -2.33. The van der Waals surface area contributed by atoms with E-state index in [4.69, 9.17) is 11.6 Å². The van der Waals surface area contributed by atoms with Crippen molar-refractivity contribution in [2.24, 2.45) is 7.05 Å². The molecule has 0 aliphatic heterocycles. The molecule has 4 nitrogen and oxygen atoms in total. The number of aryl methyl sites for hydroxylation is 2. The first-order valence-corrected chi connectivity index (χ1v) is 6.55. The molecule has 0 radical (unpaired) electrons. The molecule has 1 aromatic heterocycles. The largest absolute Gasteiger partial charge is 0.292 e. The molecule has 0 aliphatic carbocycles. The van der Waals surface area contributed by atoms with E-state index in [-0.39, 0.29) is 11.8 Å². The summed E-state index contributed by atoms with van der Waals surface area (Å²) in [6.45, 7) is 2.52. The fourth-order valence-corrected chi connectivity index (χ4v) is 2.14. The van der Waals surface area contributed by atoms with Gasteiger partial charge in [-0.25, -0.2) is 0 Å². The topological polar surface area (TPSA) is 38.1 Å². The van der Waals surface area contributed by atoms with Gasteiger partial charge in [0.15, 0.2) is 0 Å². The Morgan fingerprint density at radius 3 is 2.79 bits per heavy atom. The first-order chi connectivity index (χ1) is 9.11. The number of carbonyl (C=O) groups excluding carboxylic acids is 1. The standard InChI is InChI=1S/C14H16ClN3O/c1-11-4-3-5-12(8-11)10-18(14(19)9-15)13-6-7-16-17(13)2/h3-8H,9-10H2,1-2H3. The van der Waals surface area contributed by atoms with Gasteiger partial charge >= 0.3 is 0 Å². The first kappa shape index (κ1) is 13.6. The van der Waals surface area contributed by atoms with Crippen LogP contribution in [0.2, 0.25) is 0 Å². The van der Waals surface area contributed by atoms with Crippen LogP contribution in [0.15, 0.2) is 36.5 Å². The summed E-state index contributed by atoms with van der Waals surface area (Å²) in [4.78, 5) is 13.7. The number of benzene rings is 1. The quantitative estimate of drug-likeness (QED) is 0.806. The molecule has 100 valence electrons. The van der Waals surface area contributed by atoms with Crippen LogP contribution in [-0.4, -0.2) is 21.6 Å². The van der Waals surface area contributed by atoms with Crippen molar-refractivity contribution in [1.82, 2.24) is 9.78 Å². The summed E-state index contributed by atoms with van der Waals surface area (Å²) in [7, 11) is 1.81. The van der Waals surface area contributed by atoms with E-state index in [1.807, 2.05) is 25.1 Å². The molecule has 0 fully saturated rings. The number of anilines is 1. The van der Waals surface area contributed by atoms with Gasteiger partial charge in [0.2, 0.25) is 5.91 Å². The Morgan fingerprint density at radius 1 is 1.42 bits per heavy atom. The predicted octanol–water partition coefficient (Wildman–Crippen LogP) is 2.50. The van der Waals surface area contributed by atoms with E-state index in [0.717, 1.165) is 11.4 Å². The number of alkyl halides is 1. The highest BCUT2D eigenvalue weighted by Gasteiger charge is 2.18. The van der Waals surface area contributed by atoms with Gasteiger partial charge in [0.05, 0.1) is 12.7 Å². The van der Waals surface area contributed by atoms with E-state index in [9.17, 15) is 4.79 Å². The molecule has 2 rings (SSSR count). The molecule has 2 aromatic rings. The van der Waals surface area contributed by atoms with Gasteiger partial charge in [-0.2, -0.15) is 5.10 Å². The average Bonchev–Trinajstić information content (AvgIpc) is 2.81. The maximum Gasteiger partial charge on any atom is 0.243 e. The lowest BCUT2D eigenvalue weighted by atomic mass is 10.1. The second kappa shape index (κ2) is 5.89. The molecule has 1 aromatic carbocycles. The molecular formula is C14H16ClN3O. The predicted molar refractivity (Wildman–Crippen MR) is 76.3 cm³/mol. The molecule has 0 aliphatic rings. The van der Waals surface area contributed by atoms with Crippen LogP contribution in [0, 0.1) is 6.92 Å². The van der Waals surface area contributed by atoms with Gasteiger partial charge < -0.3 is 0 Å². The zero-order valence-corrected chi connectivity index (χ0v) is 11.8. The lowest BCUT2D eigenvalue weighted by Gasteiger charge is -2.21. The Morgan fingerprint density at radius 2 is 2.21 bits per heavy atom. The number of amides is 1. The van der Waals surface area contributed by atoms with Gasteiger partial charge in [0.25, 0.3) is 0 Å². The van der Waals surface area contributed by atoms with Gasteiger partial charge in [-0.1, -0.05) is 29.8 Å². The SMILES string of the molecule is Cc1cccc(CN(C(=O)CCl)c2ccnn2C)c1. The molecular weight excluding hydrogens is 262 g/mol. The van der Waals surface area contributed by atoms with Crippen molar-refractivity contribution in [3.8, 4) is 0 Å². The molecule has 0 atom stereocenters.